The Labute approximate surface area is 77.5 Å². The minimum absolute atomic E-state index is 0. The van der Waals surface area contributed by atoms with E-state index in [1.165, 1.54) is 0 Å². The molecule has 0 aliphatic rings. The van der Waals surface area contributed by atoms with Crippen molar-refractivity contribution in [3.05, 3.63) is 60.0 Å². The third-order valence-corrected chi connectivity index (χ3v) is 0.556. The topological polar surface area (TPSA) is 0 Å². The van der Waals surface area contributed by atoms with Crippen molar-refractivity contribution < 1.29 is 17.1 Å². The van der Waals surface area contributed by atoms with E-state index in [1.54, 1.807) is 0 Å². The van der Waals surface area contributed by atoms with Gasteiger partial charge in [-0.1, -0.05) is 0 Å². The van der Waals surface area contributed by atoms with Crippen LogP contribution in [0, 0.1) is 29.7 Å². The molecule has 10 heavy (non-hydrogen) atoms. The first-order valence-corrected chi connectivity index (χ1v) is 1.67. The summed E-state index contributed by atoms with van der Waals surface area (Å²) < 4.78 is 0. The average molecular weight is 180 g/mol. The zero-order valence-electron chi connectivity index (χ0n) is 7.26. The average Bonchev–Trinajstić information content (AvgIpc) is 1.76. The molecule has 0 fully saturated rings. The second kappa shape index (κ2) is 23.2. The first kappa shape index (κ1) is 32.7. The Bertz CT molecular complexity index is 61.2. The minimum atomic E-state index is 0. The maximum absolute atomic E-state index is 2.00. The van der Waals surface area contributed by atoms with E-state index in [4.69, 9.17) is 0 Å². The standard InChI is InChI=1S/C5H5.4CH3.Mn/c1-2-4-5-3-1;;;;;/h1-5H;4*1H3;/q5*-1;. The first-order valence-electron chi connectivity index (χ1n) is 1.67. The van der Waals surface area contributed by atoms with E-state index in [-0.39, 0.29) is 46.8 Å². The van der Waals surface area contributed by atoms with Gasteiger partial charge in [0.25, 0.3) is 0 Å². The summed E-state index contributed by atoms with van der Waals surface area (Å²) in [7, 11) is 0. The molecule has 65 valence electrons. The largest absolute Gasteiger partial charge is 0.358 e. The Morgan fingerprint density at radius 1 is 0.700 bits per heavy atom. The fourth-order valence-corrected chi connectivity index (χ4v) is 0.321. The fraction of sp³-hybridized carbons (Fsp3) is 0. The molecule has 0 amide bonds. The van der Waals surface area contributed by atoms with Crippen LogP contribution >= 0.6 is 0 Å². The molecule has 0 aromatic heterocycles. The smallest absolute Gasteiger partial charge is 0 e. The number of rotatable bonds is 0. The van der Waals surface area contributed by atoms with E-state index in [0.717, 1.165) is 0 Å². The van der Waals surface area contributed by atoms with E-state index in [9.17, 15) is 0 Å². The molecule has 0 saturated heterocycles. The molecule has 0 unspecified atom stereocenters. The van der Waals surface area contributed by atoms with Gasteiger partial charge in [-0.05, 0) is 0 Å². The molecule has 1 radical (unpaired) electrons. The van der Waals surface area contributed by atoms with Gasteiger partial charge in [-0.2, -0.15) is 18.2 Å². The van der Waals surface area contributed by atoms with Gasteiger partial charge in [-0.15, -0.1) is 0 Å². The number of hydrogen-bond acceptors (Lipinski definition) is 0. The van der Waals surface area contributed by atoms with Crippen LogP contribution in [0.5, 0.6) is 0 Å². The van der Waals surface area contributed by atoms with Crippen molar-refractivity contribution in [2.75, 3.05) is 0 Å². The van der Waals surface area contributed by atoms with Crippen LogP contribution in [-0.4, -0.2) is 0 Å². The van der Waals surface area contributed by atoms with Crippen LogP contribution < -0.4 is 0 Å². The normalized spacial score (nSPS) is 4.00. The van der Waals surface area contributed by atoms with Crippen molar-refractivity contribution in [1.82, 2.24) is 0 Å². The molecule has 1 heteroatoms. The summed E-state index contributed by atoms with van der Waals surface area (Å²) in [6, 6.07) is 10.0. The maximum Gasteiger partial charge on any atom is 0 e. The van der Waals surface area contributed by atoms with Crippen molar-refractivity contribution >= 4 is 0 Å². The molecule has 1 rings (SSSR count). The van der Waals surface area contributed by atoms with Gasteiger partial charge < -0.3 is 29.7 Å². The molecule has 0 aliphatic heterocycles. The van der Waals surface area contributed by atoms with Gasteiger partial charge in [0.2, 0.25) is 0 Å². The molecule has 0 nitrogen and oxygen atoms in total. The van der Waals surface area contributed by atoms with E-state index < -0.39 is 0 Å². The molecule has 0 spiro atoms. The van der Waals surface area contributed by atoms with Gasteiger partial charge in [0.05, 0.1) is 0 Å². The van der Waals surface area contributed by atoms with Crippen LogP contribution in [0.4, 0.5) is 0 Å². The third kappa shape index (κ3) is 15.7. The van der Waals surface area contributed by atoms with Gasteiger partial charge in [-0.3, -0.25) is 0 Å². The van der Waals surface area contributed by atoms with E-state index in [0.29, 0.717) is 0 Å². The third-order valence-electron chi connectivity index (χ3n) is 0.556. The molecule has 0 saturated carbocycles. The van der Waals surface area contributed by atoms with Crippen LogP contribution in [0.15, 0.2) is 30.3 Å². The van der Waals surface area contributed by atoms with E-state index in [2.05, 4.69) is 0 Å². The molecule has 0 atom stereocenters. The summed E-state index contributed by atoms with van der Waals surface area (Å²) in [6.45, 7) is 0. The van der Waals surface area contributed by atoms with E-state index in [1.807, 2.05) is 30.3 Å². The fourth-order valence-electron chi connectivity index (χ4n) is 0.321. The summed E-state index contributed by atoms with van der Waals surface area (Å²) in [5, 5.41) is 0. The van der Waals surface area contributed by atoms with Gasteiger partial charge in [-0.25, -0.2) is 12.1 Å². The predicted molar refractivity (Wildman–Crippen MR) is 47.7 cm³/mol. The first-order chi connectivity index (χ1) is 2.50. The summed E-state index contributed by atoms with van der Waals surface area (Å²) in [6.07, 6.45) is 0. The Hall–Kier alpha value is -0.131. The Morgan fingerprint density at radius 3 is 1.10 bits per heavy atom. The maximum atomic E-state index is 2.00. The van der Waals surface area contributed by atoms with Crippen molar-refractivity contribution in [1.29, 1.82) is 0 Å². The summed E-state index contributed by atoms with van der Waals surface area (Å²) in [5.74, 6) is 0. The van der Waals surface area contributed by atoms with Crippen LogP contribution in [-0.2, 0) is 17.1 Å². The van der Waals surface area contributed by atoms with Crippen molar-refractivity contribution in [3.8, 4) is 0 Å². The monoisotopic (exact) mass is 180 g/mol. The summed E-state index contributed by atoms with van der Waals surface area (Å²) >= 11 is 0. The second-order valence-corrected chi connectivity index (χ2v) is 0.962. The van der Waals surface area contributed by atoms with Gasteiger partial charge in [0.15, 0.2) is 0 Å². The van der Waals surface area contributed by atoms with Crippen LogP contribution in [0.1, 0.15) is 0 Å². The van der Waals surface area contributed by atoms with Crippen molar-refractivity contribution in [2.45, 2.75) is 0 Å². The van der Waals surface area contributed by atoms with Gasteiger partial charge >= 0.3 is 0 Å². The molecule has 0 N–H and O–H groups in total. The van der Waals surface area contributed by atoms with Crippen LogP contribution in [0.25, 0.3) is 0 Å². The van der Waals surface area contributed by atoms with Crippen molar-refractivity contribution in [2.24, 2.45) is 0 Å². The molecule has 1 aromatic rings. The van der Waals surface area contributed by atoms with Gasteiger partial charge in [0, 0.05) is 17.1 Å². The zero-order chi connectivity index (χ0) is 3.54. The van der Waals surface area contributed by atoms with Crippen LogP contribution in [0.2, 0.25) is 0 Å². The molecular formula is C9H17Mn-5. The molecule has 0 bridgehead atoms. The SMILES string of the molecule is [CH3-].[CH3-].[CH3-].[CH3-].[Mn].c1cc[cH-]c1. The summed E-state index contributed by atoms with van der Waals surface area (Å²) in [4.78, 5) is 0. The Balaban J connectivity index is -0.0000000167. The van der Waals surface area contributed by atoms with E-state index >= 15 is 0 Å². The second-order valence-electron chi connectivity index (χ2n) is 0.962. The molecule has 0 heterocycles. The zero-order valence-corrected chi connectivity index (χ0v) is 8.45. The minimum Gasteiger partial charge on any atom is -0.358 e. The van der Waals surface area contributed by atoms with Gasteiger partial charge in [0.1, 0.15) is 0 Å². The molecule has 1 aromatic carbocycles. The Morgan fingerprint density at radius 2 is 1.00 bits per heavy atom. The summed E-state index contributed by atoms with van der Waals surface area (Å²) in [5.41, 5.74) is 0. The quantitative estimate of drug-likeness (QED) is 0.425. The Kier molecular flexibility index (Phi) is 75.8. The van der Waals surface area contributed by atoms with Crippen molar-refractivity contribution in [3.63, 3.8) is 0 Å². The predicted octanol–water partition coefficient (Wildman–Crippen LogP) is 3.20. The number of hydrogen-bond donors (Lipinski definition) is 0. The molecule has 0 aliphatic carbocycles. The van der Waals surface area contributed by atoms with Crippen LogP contribution in [0.3, 0.4) is 0 Å². The molecular weight excluding hydrogens is 163 g/mol.